The quantitative estimate of drug-likeness (QED) is 0.558. The lowest BCUT2D eigenvalue weighted by Gasteiger charge is -2.39. The third-order valence-electron chi connectivity index (χ3n) is 5.20. The van der Waals surface area contributed by atoms with Crippen LogP contribution in [0.4, 0.5) is 0 Å². The van der Waals surface area contributed by atoms with Crippen LogP contribution < -0.4 is 0 Å². The Hall–Kier alpha value is 0.480. The van der Waals surface area contributed by atoms with Crippen LogP contribution in [-0.4, -0.2) is 4.83 Å². The van der Waals surface area contributed by atoms with Crippen molar-refractivity contribution in [3.8, 4) is 0 Å². The van der Waals surface area contributed by atoms with E-state index < -0.39 is 0 Å². The Balaban J connectivity index is 2.03. The van der Waals surface area contributed by atoms with Gasteiger partial charge in [-0.25, -0.2) is 0 Å². The molecule has 0 radical (unpaired) electrons. The highest BCUT2D eigenvalue weighted by atomic mass is 79.9. The van der Waals surface area contributed by atoms with Crippen LogP contribution in [0.5, 0.6) is 0 Å². The van der Waals surface area contributed by atoms with Crippen molar-refractivity contribution in [3.63, 3.8) is 0 Å². The number of halogens is 1. The summed E-state index contributed by atoms with van der Waals surface area (Å²) in [7, 11) is 0. The zero-order valence-corrected chi connectivity index (χ0v) is 9.47. The first-order valence-electron chi connectivity index (χ1n) is 5.27. The van der Waals surface area contributed by atoms with Crippen molar-refractivity contribution in [1.29, 1.82) is 0 Å². The van der Waals surface area contributed by atoms with Gasteiger partial charge in [-0.05, 0) is 48.3 Å². The van der Waals surface area contributed by atoms with Gasteiger partial charge in [-0.1, -0.05) is 29.8 Å². The van der Waals surface area contributed by atoms with Gasteiger partial charge in [-0.15, -0.1) is 0 Å². The van der Waals surface area contributed by atoms with Crippen molar-refractivity contribution in [2.24, 2.45) is 29.1 Å². The summed E-state index contributed by atoms with van der Waals surface area (Å²) in [5.41, 5.74) is 0.710. The lowest BCUT2D eigenvalue weighted by Crippen LogP contribution is -2.33. The van der Waals surface area contributed by atoms with Gasteiger partial charge in [0.1, 0.15) is 0 Å². The number of hydrogen-bond acceptors (Lipinski definition) is 0. The Morgan fingerprint density at radius 1 is 1.33 bits per heavy atom. The van der Waals surface area contributed by atoms with Crippen LogP contribution in [-0.2, 0) is 0 Å². The molecule has 3 aliphatic carbocycles. The van der Waals surface area contributed by atoms with Crippen molar-refractivity contribution in [1.82, 2.24) is 0 Å². The molecule has 68 valence electrons. The van der Waals surface area contributed by atoms with Gasteiger partial charge in [-0.2, -0.15) is 0 Å². The maximum atomic E-state index is 3.88. The highest BCUT2D eigenvalue weighted by Gasteiger charge is 2.64. The van der Waals surface area contributed by atoms with Gasteiger partial charge in [-0.3, -0.25) is 0 Å². The van der Waals surface area contributed by atoms with E-state index in [2.05, 4.69) is 29.8 Å². The van der Waals surface area contributed by atoms with Gasteiger partial charge in [0.2, 0.25) is 0 Å². The number of rotatable bonds is 0. The van der Waals surface area contributed by atoms with Crippen LogP contribution in [0, 0.1) is 29.1 Å². The summed E-state index contributed by atoms with van der Waals surface area (Å²) in [5, 5.41) is 0. The molecule has 0 heterocycles. The highest BCUT2D eigenvalue weighted by Crippen LogP contribution is 2.71. The first-order chi connectivity index (χ1) is 5.63. The van der Waals surface area contributed by atoms with Gasteiger partial charge < -0.3 is 0 Å². The Morgan fingerprint density at radius 3 is 2.67 bits per heavy atom. The van der Waals surface area contributed by atoms with E-state index in [1.807, 2.05) is 0 Å². The lowest BCUT2D eigenvalue weighted by molar-refractivity contribution is 0.132. The summed E-state index contributed by atoms with van der Waals surface area (Å²) in [6, 6.07) is 0. The molecule has 0 N–H and O–H groups in total. The normalized spacial score (nSPS) is 67.8. The molecule has 0 spiro atoms. The second-order valence-electron chi connectivity index (χ2n) is 5.55. The van der Waals surface area contributed by atoms with Crippen LogP contribution in [0.3, 0.4) is 0 Å². The van der Waals surface area contributed by atoms with Gasteiger partial charge in [0.15, 0.2) is 0 Å². The molecule has 3 saturated carbocycles. The second-order valence-corrected chi connectivity index (χ2v) is 6.72. The molecule has 0 aromatic carbocycles. The van der Waals surface area contributed by atoms with Crippen molar-refractivity contribution in [2.75, 3.05) is 0 Å². The molecular formula is C11H17Br. The van der Waals surface area contributed by atoms with E-state index in [9.17, 15) is 0 Å². The van der Waals surface area contributed by atoms with E-state index >= 15 is 0 Å². The molecule has 12 heavy (non-hydrogen) atoms. The van der Waals surface area contributed by atoms with Crippen molar-refractivity contribution >= 4 is 15.9 Å². The molecule has 0 nitrogen and oxygen atoms in total. The molecule has 0 saturated heterocycles. The largest absolute Gasteiger partial charge is 0.0887 e. The Kier molecular flexibility index (Phi) is 1.38. The van der Waals surface area contributed by atoms with Crippen LogP contribution in [0.15, 0.2) is 0 Å². The van der Waals surface area contributed by atoms with E-state index in [1.165, 1.54) is 19.3 Å². The van der Waals surface area contributed by atoms with E-state index in [0.29, 0.717) is 5.41 Å². The smallest absolute Gasteiger partial charge is 0.0184 e. The predicted octanol–water partition coefficient (Wildman–Crippen LogP) is 3.45. The molecule has 3 fully saturated rings. The molecule has 0 aromatic rings. The first-order valence-corrected chi connectivity index (χ1v) is 6.18. The minimum Gasteiger partial charge on any atom is -0.0887 e. The minimum absolute atomic E-state index is 0.710. The molecule has 3 unspecified atom stereocenters. The first kappa shape index (κ1) is 7.84. The third kappa shape index (κ3) is 0.670. The Labute approximate surface area is 83.2 Å². The summed E-state index contributed by atoms with van der Waals surface area (Å²) in [6.07, 6.45) is 4.52. The van der Waals surface area contributed by atoms with Crippen LogP contribution in [0.25, 0.3) is 0 Å². The van der Waals surface area contributed by atoms with Gasteiger partial charge in [0.05, 0.1) is 0 Å². The average molecular weight is 229 g/mol. The second kappa shape index (κ2) is 2.10. The van der Waals surface area contributed by atoms with Gasteiger partial charge in [0, 0.05) is 4.83 Å². The third-order valence-corrected chi connectivity index (χ3v) is 6.14. The Bertz CT molecular complexity index is 225. The highest BCUT2D eigenvalue weighted by molar-refractivity contribution is 9.09. The number of hydrogen-bond donors (Lipinski definition) is 0. The van der Waals surface area contributed by atoms with Crippen molar-refractivity contribution in [3.05, 3.63) is 0 Å². The predicted molar refractivity (Wildman–Crippen MR) is 54.3 cm³/mol. The molecule has 3 aliphatic rings. The van der Waals surface area contributed by atoms with Gasteiger partial charge in [0.25, 0.3) is 0 Å². The molecule has 0 amide bonds. The molecule has 3 rings (SSSR count). The van der Waals surface area contributed by atoms with Crippen LogP contribution in [0.2, 0.25) is 0 Å². The van der Waals surface area contributed by atoms with E-state index in [4.69, 9.17) is 0 Å². The average Bonchev–Trinajstić information content (AvgIpc) is 2.47. The molecule has 6 atom stereocenters. The maximum Gasteiger partial charge on any atom is 0.0184 e. The van der Waals surface area contributed by atoms with Crippen LogP contribution in [0.1, 0.15) is 33.1 Å². The SMILES string of the molecule is C[C@H]1CC2C3C[C@H](Br)C2[C@@]1(C)C3. The summed E-state index contributed by atoms with van der Waals surface area (Å²) < 4.78 is 0. The van der Waals surface area contributed by atoms with E-state index in [0.717, 1.165) is 28.5 Å². The van der Waals surface area contributed by atoms with Crippen molar-refractivity contribution in [2.45, 2.75) is 37.9 Å². The van der Waals surface area contributed by atoms with E-state index in [-0.39, 0.29) is 0 Å². The Morgan fingerprint density at radius 2 is 2.08 bits per heavy atom. The fourth-order valence-corrected chi connectivity index (χ4v) is 6.03. The van der Waals surface area contributed by atoms with Gasteiger partial charge >= 0.3 is 0 Å². The fourth-order valence-electron chi connectivity index (χ4n) is 4.56. The lowest BCUT2D eigenvalue weighted by atomic mass is 9.68. The molecule has 4 bridgehead atoms. The molecular weight excluding hydrogens is 212 g/mol. The maximum absolute atomic E-state index is 3.88. The van der Waals surface area contributed by atoms with Crippen molar-refractivity contribution < 1.29 is 0 Å². The van der Waals surface area contributed by atoms with E-state index in [1.54, 1.807) is 0 Å². The summed E-state index contributed by atoms with van der Waals surface area (Å²) in [5.74, 6) is 4.19. The zero-order valence-electron chi connectivity index (χ0n) is 7.89. The molecule has 1 heteroatoms. The fraction of sp³-hybridized carbons (Fsp3) is 1.00. The molecule has 0 aliphatic heterocycles. The summed E-state index contributed by atoms with van der Waals surface area (Å²) >= 11 is 3.88. The number of alkyl halides is 1. The minimum atomic E-state index is 0.710. The topological polar surface area (TPSA) is 0 Å². The monoisotopic (exact) mass is 228 g/mol. The standard InChI is InChI=1S/C11H17Br/c1-6-3-8-7-4-9(12)10(8)11(6,2)5-7/h6-10H,3-5H2,1-2H3/t6-,7?,8?,9-,10?,11-/m0/s1. The van der Waals surface area contributed by atoms with Crippen LogP contribution >= 0.6 is 15.9 Å². The summed E-state index contributed by atoms with van der Waals surface area (Å²) in [6.45, 7) is 5.00. The molecule has 0 aromatic heterocycles. The zero-order chi connectivity index (χ0) is 8.51. The summed E-state index contributed by atoms with van der Waals surface area (Å²) in [4.78, 5) is 0.858.